The molecule has 1 aromatic rings. The Morgan fingerprint density at radius 1 is 0.682 bits per heavy atom. The molecule has 0 fully saturated rings. The van der Waals surface area contributed by atoms with Crippen LogP contribution in [0, 0.1) is 0 Å². The third kappa shape index (κ3) is 11.6. The quantitative estimate of drug-likeness (QED) is 0.419. The van der Waals surface area contributed by atoms with Gasteiger partial charge in [0.2, 0.25) is 0 Å². The second-order valence-electron chi connectivity index (χ2n) is 6.50. The largest absolute Gasteiger partial charge is 0.494 e. The van der Waals surface area contributed by atoms with Gasteiger partial charge < -0.3 is 9.64 Å². The molecule has 0 heterocycles. The summed E-state index contributed by atoms with van der Waals surface area (Å²) >= 11 is 0. The number of hydrogen-bond acceptors (Lipinski definition) is 2. The van der Waals surface area contributed by atoms with Crippen molar-refractivity contribution in [1.82, 2.24) is 4.90 Å². The number of unbranched alkanes of at least 4 members (excludes halogenated alkanes) is 9. The molecule has 0 atom stereocenters. The van der Waals surface area contributed by atoms with E-state index < -0.39 is 0 Å². The second kappa shape index (κ2) is 13.6. The van der Waals surface area contributed by atoms with Crippen LogP contribution in [0.25, 0.3) is 0 Å². The van der Waals surface area contributed by atoms with E-state index in [1.807, 2.05) is 30.3 Å². The third-order valence-corrected chi connectivity index (χ3v) is 4.01. The van der Waals surface area contributed by atoms with Crippen molar-refractivity contribution in [2.24, 2.45) is 0 Å². The Labute approximate surface area is 137 Å². The number of para-hydroxylation sites is 1. The summed E-state index contributed by atoms with van der Waals surface area (Å²) in [5.41, 5.74) is 0. The first-order valence-electron chi connectivity index (χ1n) is 9.11. The van der Waals surface area contributed by atoms with E-state index in [2.05, 4.69) is 19.0 Å². The van der Waals surface area contributed by atoms with Crippen LogP contribution >= 0.6 is 0 Å². The number of hydrogen-bond donors (Lipinski definition) is 0. The maximum absolute atomic E-state index is 5.70. The number of ether oxygens (including phenoxy) is 1. The van der Waals surface area contributed by atoms with Crippen LogP contribution in [-0.4, -0.2) is 32.1 Å². The summed E-state index contributed by atoms with van der Waals surface area (Å²) in [6.07, 6.45) is 13.7. The Kier molecular flexibility index (Phi) is 11.8. The fourth-order valence-corrected chi connectivity index (χ4v) is 2.65. The summed E-state index contributed by atoms with van der Waals surface area (Å²) in [6.45, 7) is 2.10. The predicted octanol–water partition coefficient (Wildman–Crippen LogP) is 5.53. The van der Waals surface area contributed by atoms with Crippen molar-refractivity contribution >= 4 is 0 Å². The monoisotopic (exact) mass is 305 g/mol. The van der Waals surface area contributed by atoms with Gasteiger partial charge in [-0.3, -0.25) is 0 Å². The first-order chi connectivity index (χ1) is 10.8. The fourth-order valence-electron chi connectivity index (χ4n) is 2.65. The van der Waals surface area contributed by atoms with Crippen LogP contribution in [0.4, 0.5) is 0 Å². The molecule has 0 saturated carbocycles. The maximum Gasteiger partial charge on any atom is 0.119 e. The van der Waals surface area contributed by atoms with Crippen molar-refractivity contribution < 1.29 is 4.74 Å². The first kappa shape index (κ1) is 19.0. The lowest BCUT2D eigenvalue weighted by Gasteiger charge is -2.08. The van der Waals surface area contributed by atoms with Gasteiger partial charge in [-0.2, -0.15) is 0 Å². The van der Waals surface area contributed by atoms with Crippen LogP contribution in [-0.2, 0) is 0 Å². The van der Waals surface area contributed by atoms with E-state index >= 15 is 0 Å². The van der Waals surface area contributed by atoms with Gasteiger partial charge in [-0.25, -0.2) is 0 Å². The molecule has 1 rings (SSSR count). The first-order valence-corrected chi connectivity index (χ1v) is 9.11. The number of benzene rings is 1. The average Bonchev–Trinajstić information content (AvgIpc) is 2.52. The lowest BCUT2D eigenvalue weighted by Crippen LogP contribution is -2.12. The molecule has 2 nitrogen and oxygen atoms in total. The molecule has 0 aromatic heterocycles. The van der Waals surface area contributed by atoms with Crippen LogP contribution < -0.4 is 4.74 Å². The van der Waals surface area contributed by atoms with Crippen LogP contribution in [0.2, 0.25) is 0 Å². The molecule has 0 aliphatic heterocycles. The fraction of sp³-hybridized carbons (Fsp3) is 0.700. The van der Waals surface area contributed by atoms with E-state index in [-0.39, 0.29) is 0 Å². The number of nitrogens with zero attached hydrogens (tertiary/aromatic N) is 1. The minimum absolute atomic E-state index is 0.857. The smallest absolute Gasteiger partial charge is 0.119 e. The van der Waals surface area contributed by atoms with Gasteiger partial charge in [-0.15, -0.1) is 0 Å². The van der Waals surface area contributed by atoms with Gasteiger partial charge in [0.15, 0.2) is 0 Å². The van der Waals surface area contributed by atoms with Crippen LogP contribution in [0.3, 0.4) is 0 Å². The van der Waals surface area contributed by atoms with Gasteiger partial charge >= 0.3 is 0 Å². The lowest BCUT2D eigenvalue weighted by atomic mass is 10.1. The summed E-state index contributed by atoms with van der Waals surface area (Å²) in [6, 6.07) is 10.1. The predicted molar refractivity (Wildman–Crippen MR) is 96.7 cm³/mol. The summed E-state index contributed by atoms with van der Waals surface area (Å²) < 4.78 is 5.70. The molecule has 0 N–H and O–H groups in total. The Balaban J connectivity index is 1.75. The Morgan fingerprint density at radius 2 is 1.18 bits per heavy atom. The highest BCUT2D eigenvalue weighted by molar-refractivity contribution is 5.20. The lowest BCUT2D eigenvalue weighted by molar-refractivity contribution is 0.304. The van der Waals surface area contributed by atoms with E-state index in [4.69, 9.17) is 4.74 Å². The molecule has 126 valence electrons. The molecule has 1 aromatic carbocycles. The van der Waals surface area contributed by atoms with Crippen molar-refractivity contribution in [3.63, 3.8) is 0 Å². The van der Waals surface area contributed by atoms with Crippen molar-refractivity contribution in [2.75, 3.05) is 27.2 Å². The third-order valence-electron chi connectivity index (χ3n) is 4.01. The Morgan fingerprint density at radius 3 is 1.73 bits per heavy atom. The van der Waals surface area contributed by atoms with Crippen molar-refractivity contribution in [2.45, 2.75) is 64.2 Å². The summed E-state index contributed by atoms with van der Waals surface area (Å²) in [5, 5.41) is 0. The van der Waals surface area contributed by atoms with Gasteiger partial charge in [0, 0.05) is 0 Å². The minimum atomic E-state index is 0.857. The molecular weight excluding hydrogens is 270 g/mol. The molecule has 0 aliphatic carbocycles. The highest BCUT2D eigenvalue weighted by atomic mass is 16.5. The van der Waals surface area contributed by atoms with Crippen molar-refractivity contribution in [3.8, 4) is 5.75 Å². The Bertz CT molecular complexity index is 337. The molecular formula is C20H35NO. The summed E-state index contributed by atoms with van der Waals surface area (Å²) in [7, 11) is 4.32. The van der Waals surface area contributed by atoms with E-state index in [0.717, 1.165) is 12.4 Å². The van der Waals surface area contributed by atoms with E-state index in [0.29, 0.717) is 0 Å². The molecule has 0 saturated heterocycles. The van der Waals surface area contributed by atoms with Gasteiger partial charge in [-0.05, 0) is 45.6 Å². The van der Waals surface area contributed by atoms with Crippen molar-refractivity contribution in [1.29, 1.82) is 0 Å². The molecule has 0 radical (unpaired) electrons. The van der Waals surface area contributed by atoms with Gasteiger partial charge in [-0.1, -0.05) is 69.6 Å². The average molecular weight is 306 g/mol. The van der Waals surface area contributed by atoms with Gasteiger partial charge in [0.25, 0.3) is 0 Å². The highest BCUT2D eigenvalue weighted by Gasteiger charge is 1.95. The molecule has 0 bridgehead atoms. The SMILES string of the molecule is CN(C)CCCCCCCCCCCCOc1ccccc1. The zero-order valence-electron chi connectivity index (χ0n) is 14.7. The normalized spacial score (nSPS) is 11.0. The zero-order chi connectivity index (χ0) is 15.9. The van der Waals surface area contributed by atoms with E-state index in [1.165, 1.54) is 70.8 Å². The van der Waals surface area contributed by atoms with E-state index in [1.54, 1.807) is 0 Å². The zero-order valence-corrected chi connectivity index (χ0v) is 14.7. The molecule has 0 amide bonds. The van der Waals surface area contributed by atoms with E-state index in [9.17, 15) is 0 Å². The molecule has 22 heavy (non-hydrogen) atoms. The van der Waals surface area contributed by atoms with Crippen LogP contribution in [0.5, 0.6) is 5.75 Å². The molecule has 0 unspecified atom stereocenters. The number of rotatable bonds is 14. The second-order valence-corrected chi connectivity index (χ2v) is 6.50. The minimum Gasteiger partial charge on any atom is -0.494 e. The Hall–Kier alpha value is -1.02. The summed E-state index contributed by atoms with van der Waals surface area (Å²) in [4.78, 5) is 2.28. The topological polar surface area (TPSA) is 12.5 Å². The van der Waals surface area contributed by atoms with Crippen LogP contribution in [0.1, 0.15) is 64.2 Å². The maximum atomic E-state index is 5.70. The van der Waals surface area contributed by atoms with Gasteiger partial charge in [0.1, 0.15) is 5.75 Å². The van der Waals surface area contributed by atoms with Crippen LogP contribution in [0.15, 0.2) is 30.3 Å². The molecule has 0 aliphatic rings. The summed E-state index contributed by atoms with van der Waals surface area (Å²) in [5.74, 6) is 0.997. The molecule has 0 spiro atoms. The standard InChI is InChI=1S/C20H35NO/c1-21(2)18-14-9-7-5-3-4-6-8-10-15-19-22-20-16-12-11-13-17-20/h11-13,16-17H,3-10,14-15,18-19H2,1-2H3. The molecule has 2 heteroatoms. The highest BCUT2D eigenvalue weighted by Crippen LogP contribution is 2.12. The van der Waals surface area contributed by atoms with Crippen molar-refractivity contribution in [3.05, 3.63) is 30.3 Å². The van der Waals surface area contributed by atoms with Gasteiger partial charge in [0.05, 0.1) is 6.61 Å².